The Morgan fingerprint density at radius 3 is 2.50 bits per heavy atom. The van der Waals surface area contributed by atoms with E-state index in [1.807, 2.05) is 42.5 Å². The zero-order valence-electron chi connectivity index (χ0n) is 13.6. The van der Waals surface area contributed by atoms with Crippen LogP contribution in [0.15, 0.2) is 42.5 Å². The van der Waals surface area contributed by atoms with E-state index in [1.54, 1.807) is 4.57 Å². The predicted octanol–water partition coefficient (Wildman–Crippen LogP) is 2.80. The third kappa shape index (κ3) is 1.99. The summed E-state index contributed by atoms with van der Waals surface area (Å²) in [5.41, 5.74) is 9.81. The maximum absolute atomic E-state index is 9.59. The maximum atomic E-state index is 9.59. The van der Waals surface area contributed by atoms with E-state index < -0.39 is 0 Å². The number of rotatable bonds is 1. The van der Waals surface area contributed by atoms with Crippen molar-refractivity contribution in [2.75, 3.05) is 18.9 Å². The molecule has 0 fully saturated rings. The topological polar surface area (TPSA) is 99.0 Å². The normalized spacial score (nSPS) is 13.0. The molecule has 3 heterocycles. The first-order valence-electron chi connectivity index (χ1n) is 8.13. The Labute approximate surface area is 148 Å². The molecule has 7 heteroatoms. The maximum Gasteiger partial charge on any atom is 0.167 e. The number of hydrogen-bond donors (Lipinski definition) is 1. The minimum atomic E-state index is 0.300. The molecular formula is C19H13N5O2. The quantitative estimate of drug-likeness (QED) is 0.570. The van der Waals surface area contributed by atoms with E-state index in [4.69, 9.17) is 20.2 Å². The van der Waals surface area contributed by atoms with E-state index in [2.05, 4.69) is 11.1 Å². The fourth-order valence-corrected chi connectivity index (χ4v) is 3.20. The number of nitriles is 1. The van der Waals surface area contributed by atoms with Crippen molar-refractivity contribution in [3.63, 3.8) is 0 Å². The lowest BCUT2D eigenvalue weighted by Crippen LogP contribution is -2.15. The number of nitrogens with two attached hydrogens (primary N) is 1. The lowest BCUT2D eigenvalue weighted by Gasteiger charge is -2.19. The molecule has 0 amide bonds. The van der Waals surface area contributed by atoms with Crippen molar-refractivity contribution >= 4 is 28.0 Å². The molecule has 0 bridgehead atoms. The number of fused-ring (bicyclic) bond motifs is 3. The second kappa shape index (κ2) is 5.36. The van der Waals surface area contributed by atoms with Gasteiger partial charge in [-0.2, -0.15) is 5.26 Å². The highest BCUT2D eigenvalue weighted by Crippen LogP contribution is 2.36. The summed E-state index contributed by atoms with van der Waals surface area (Å²) in [5.74, 6) is 1.63. The molecule has 0 unspecified atom stereocenters. The van der Waals surface area contributed by atoms with Crippen LogP contribution in [-0.4, -0.2) is 27.7 Å². The average Bonchev–Trinajstić information content (AvgIpc) is 2.96. The van der Waals surface area contributed by atoms with Crippen LogP contribution in [0, 0.1) is 11.3 Å². The number of nitrogens with zero attached hydrogens (tertiary/aromatic N) is 4. The average molecular weight is 343 g/mol. The lowest BCUT2D eigenvalue weighted by molar-refractivity contribution is 0.171. The first kappa shape index (κ1) is 14.5. The number of anilines is 1. The molecule has 1 aliphatic heterocycles. The number of aromatic nitrogens is 3. The van der Waals surface area contributed by atoms with Crippen molar-refractivity contribution in [2.45, 2.75) is 0 Å². The van der Waals surface area contributed by atoms with Gasteiger partial charge in [-0.3, -0.25) is 4.57 Å². The molecule has 0 saturated heterocycles. The number of ether oxygens (including phenoxy) is 2. The molecule has 0 saturated carbocycles. The fraction of sp³-hybridized carbons (Fsp3) is 0.105. The highest BCUT2D eigenvalue weighted by molar-refractivity contribution is 5.93. The molecule has 2 aromatic carbocycles. The molecule has 0 aliphatic carbocycles. The van der Waals surface area contributed by atoms with Crippen LogP contribution >= 0.6 is 0 Å². The Morgan fingerprint density at radius 1 is 1.00 bits per heavy atom. The third-order valence-corrected chi connectivity index (χ3v) is 4.39. The van der Waals surface area contributed by atoms with Gasteiger partial charge in [-0.15, -0.1) is 0 Å². The number of benzene rings is 2. The Kier molecular flexibility index (Phi) is 3.00. The Morgan fingerprint density at radius 2 is 1.73 bits per heavy atom. The van der Waals surface area contributed by atoms with E-state index in [9.17, 15) is 5.26 Å². The van der Waals surface area contributed by atoms with E-state index in [1.165, 1.54) is 0 Å². The molecule has 4 aromatic rings. The second-order valence-electron chi connectivity index (χ2n) is 5.92. The summed E-state index contributed by atoms with van der Waals surface area (Å²) < 4.78 is 13.0. The van der Waals surface area contributed by atoms with Gasteiger partial charge in [0, 0.05) is 6.07 Å². The molecule has 0 radical (unpaired) electrons. The summed E-state index contributed by atoms with van der Waals surface area (Å²) in [4.78, 5) is 9.29. The van der Waals surface area contributed by atoms with Crippen LogP contribution in [0.1, 0.15) is 5.56 Å². The smallest absolute Gasteiger partial charge is 0.167 e. The largest absolute Gasteiger partial charge is 0.486 e. The van der Waals surface area contributed by atoms with E-state index in [-0.39, 0.29) is 0 Å². The molecule has 7 nitrogen and oxygen atoms in total. The first-order chi connectivity index (χ1) is 12.8. The second-order valence-corrected chi connectivity index (χ2v) is 5.92. The summed E-state index contributed by atoms with van der Waals surface area (Å²) in [6, 6.07) is 15.2. The zero-order chi connectivity index (χ0) is 17.7. The van der Waals surface area contributed by atoms with Crippen molar-refractivity contribution < 1.29 is 9.47 Å². The van der Waals surface area contributed by atoms with Crippen molar-refractivity contribution in [1.29, 1.82) is 5.26 Å². The molecule has 2 N–H and O–H groups in total. The van der Waals surface area contributed by atoms with E-state index in [0.29, 0.717) is 47.3 Å². The SMILES string of the molecule is N#Cc1c(N)n(-c2ccc3c(c2)OCCO3)c2nc3ccccc3nc12. The molecular weight excluding hydrogens is 330 g/mol. The summed E-state index contributed by atoms with van der Waals surface area (Å²) in [6.45, 7) is 1.02. The fourth-order valence-electron chi connectivity index (χ4n) is 3.20. The minimum absolute atomic E-state index is 0.300. The number of para-hydroxylation sites is 2. The molecule has 0 atom stereocenters. The van der Waals surface area contributed by atoms with Gasteiger partial charge in [0.1, 0.15) is 36.2 Å². The van der Waals surface area contributed by atoms with Crippen molar-refractivity contribution in [2.24, 2.45) is 0 Å². The van der Waals surface area contributed by atoms with Crippen LogP contribution in [0.5, 0.6) is 11.5 Å². The van der Waals surface area contributed by atoms with Gasteiger partial charge in [-0.25, -0.2) is 9.97 Å². The highest BCUT2D eigenvalue weighted by Gasteiger charge is 2.21. The van der Waals surface area contributed by atoms with E-state index >= 15 is 0 Å². The predicted molar refractivity (Wildman–Crippen MR) is 96.5 cm³/mol. The van der Waals surface area contributed by atoms with Crippen LogP contribution in [0.4, 0.5) is 5.82 Å². The number of nitrogen functional groups attached to an aromatic ring is 1. The minimum Gasteiger partial charge on any atom is -0.486 e. The van der Waals surface area contributed by atoms with Gasteiger partial charge in [-0.05, 0) is 24.3 Å². The summed E-state index contributed by atoms with van der Waals surface area (Å²) in [6.07, 6.45) is 0. The van der Waals surface area contributed by atoms with Crippen LogP contribution in [0.25, 0.3) is 27.9 Å². The van der Waals surface area contributed by atoms with E-state index in [0.717, 1.165) is 16.7 Å². The summed E-state index contributed by atoms with van der Waals surface area (Å²) >= 11 is 0. The number of hydrogen-bond acceptors (Lipinski definition) is 6. The van der Waals surface area contributed by atoms with Gasteiger partial charge in [0.15, 0.2) is 17.1 Å². The standard InChI is InChI=1S/C19H13N5O2/c20-10-12-17-19(23-14-4-2-1-3-13(14)22-17)24(18(12)21)11-5-6-15-16(9-11)26-8-7-25-15/h1-6,9H,7-8,21H2. The zero-order valence-corrected chi connectivity index (χ0v) is 13.6. The van der Waals surface area contributed by atoms with Crippen LogP contribution < -0.4 is 15.2 Å². The Balaban J connectivity index is 1.83. The lowest BCUT2D eigenvalue weighted by atomic mass is 10.2. The van der Waals surface area contributed by atoms with Gasteiger partial charge in [0.05, 0.1) is 16.7 Å². The summed E-state index contributed by atoms with van der Waals surface area (Å²) in [7, 11) is 0. The van der Waals surface area contributed by atoms with Crippen LogP contribution in [-0.2, 0) is 0 Å². The first-order valence-corrected chi connectivity index (χ1v) is 8.13. The van der Waals surface area contributed by atoms with Crippen LogP contribution in [0.2, 0.25) is 0 Å². The summed E-state index contributed by atoms with van der Waals surface area (Å²) in [5, 5.41) is 9.59. The molecule has 26 heavy (non-hydrogen) atoms. The third-order valence-electron chi connectivity index (χ3n) is 4.39. The van der Waals surface area contributed by atoms with Crippen molar-refractivity contribution in [3.8, 4) is 23.3 Å². The van der Waals surface area contributed by atoms with Gasteiger partial charge < -0.3 is 15.2 Å². The van der Waals surface area contributed by atoms with Crippen molar-refractivity contribution in [3.05, 3.63) is 48.0 Å². The van der Waals surface area contributed by atoms with Gasteiger partial charge >= 0.3 is 0 Å². The van der Waals surface area contributed by atoms with Crippen molar-refractivity contribution in [1.82, 2.24) is 14.5 Å². The Bertz CT molecular complexity index is 1220. The monoisotopic (exact) mass is 343 g/mol. The van der Waals surface area contributed by atoms with Gasteiger partial charge in [0.2, 0.25) is 0 Å². The molecule has 5 rings (SSSR count). The van der Waals surface area contributed by atoms with Gasteiger partial charge in [-0.1, -0.05) is 12.1 Å². The Hall–Kier alpha value is -3.79. The molecule has 0 spiro atoms. The molecule has 126 valence electrons. The molecule has 1 aliphatic rings. The highest BCUT2D eigenvalue weighted by atomic mass is 16.6. The molecule has 2 aromatic heterocycles. The van der Waals surface area contributed by atoms with Gasteiger partial charge in [0.25, 0.3) is 0 Å². The van der Waals surface area contributed by atoms with Crippen LogP contribution in [0.3, 0.4) is 0 Å².